The number of ketones is 2. The molecule has 0 bridgehead atoms. The number of Topliss-reactive ketones (excluding diaryl/α,β-unsaturated/α-hetero) is 1. The first-order chi connectivity index (χ1) is 6.79. The van der Waals surface area contributed by atoms with Crippen LogP contribution in [0.1, 0.15) is 41.0 Å². The van der Waals surface area contributed by atoms with Crippen molar-refractivity contribution in [2.75, 3.05) is 0 Å². The van der Waals surface area contributed by atoms with Crippen LogP contribution in [0.15, 0.2) is 22.8 Å². The highest BCUT2D eigenvalue weighted by molar-refractivity contribution is 6.22. The van der Waals surface area contributed by atoms with Gasteiger partial charge in [0.2, 0.25) is 0 Å². The van der Waals surface area contributed by atoms with Crippen LogP contribution in [-0.2, 0) is 9.59 Å². The molecule has 2 heteroatoms. The van der Waals surface area contributed by atoms with Crippen LogP contribution in [0.25, 0.3) is 0 Å². The maximum absolute atomic E-state index is 12.0. The Hall–Kier alpha value is -1.18. The zero-order valence-electron chi connectivity index (χ0n) is 10.1. The number of allylic oxidation sites excluding steroid dienone is 4. The van der Waals surface area contributed by atoms with Gasteiger partial charge in [0.05, 0.1) is 0 Å². The molecular weight excluding hydrogens is 188 g/mol. The predicted octanol–water partition coefficient (Wildman–Crippen LogP) is 2.84. The molecule has 0 atom stereocenters. The molecule has 0 aliphatic heterocycles. The zero-order valence-corrected chi connectivity index (χ0v) is 10.1. The molecule has 82 valence electrons. The van der Waals surface area contributed by atoms with Crippen LogP contribution in [0, 0.1) is 5.41 Å². The van der Waals surface area contributed by atoms with E-state index < -0.39 is 0 Å². The van der Waals surface area contributed by atoms with Crippen molar-refractivity contribution < 1.29 is 9.59 Å². The number of hydrogen-bond acceptors (Lipinski definition) is 2. The molecule has 0 aromatic carbocycles. The van der Waals surface area contributed by atoms with Crippen LogP contribution in [0.3, 0.4) is 0 Å². The summed E-state index contributed by atoms with van der Waals surface area (Å²) < 4.78 is 0. The first kappa shape index (κ1) is 11.9. The topological polar surface area (TPSA) is 34.1 Å². The fourth-order valence-electron chi connectivity index (χ4n) is 1.80. The Labute approximate surface area is 91.1 Å². The second-order valence-corrected chi connectivity index (χ2v) is 4.96. The van der Waals surface area contributed by atoms with Crippen LogP contribution in [-0.4, -0.2) is 11.6 Å². The van der Waals surface area contributed by atoms with Crippen molar-refractivity contribution in [2.24, 2.45) is 5.41 Å². The summed E-state index contributed by atoms with van der Waals surface area (Å²) in [4.78, 5) is 23.8. The number of carbonyl (C=O) groups is 2. The molecule has 0 aromatic rings. The minimum absolute atomic E-state index is 0.000440. The Kier molecular flexibility index (Phi) is 2.98. The van der Waals surface area contributed by atoms with Crippen molar-refractivity contribution in [1.29, 1.82) is 0 Å². The summed E-state index contributed by atoms with van der Waals surface area (Å²) in [5.41, 5.74) is 1.65. The molecule has 1 aliphatic carbocycles. The quantitative estimate of drug-likeness (QED) is 0.618. The summed E-state index contributed by atoms with van der Waals surface area (Å²) in [5, 5.41) is 0. The number of carbonyl (C=O) groups excluding carboxylic acids is 2. The van der Waals surface area contributed by atoms with Gasteiger partial charge in [-0.15, -0.1) is 0 Å². The summed E-state index contributed by atoms with van der Waals surface area (Å²) in [7, 11) is 0. The van der Waals surface area contributed by atoms with Gasteiger partial charge in [0.1, 0.15) is 0 Å². The lowest BCUT2D eigenvalue weighted by atomic mass is 9.77. The van der Waals surface area contributed by atoms with E-state index in [2.05, 4.69) is 0 Å². The summed E-state index contributed by atoms with van der Waals surface area (Å²) >= 11 is 0. The second-order valence-electron chi connectivity index (χ2n) is 4.96. The highest BCUT2D eigenvalue weighted by atomic mass is 16.1. The van der Waals surface area contributed by atoms with Crippen LogP contribution < -0.4 is 0 Å². The minimum atomic E-state index is -0.257. The summed E-state index contributed by atoms with van der Waals surface area (Å²) in [6.45, 7) is 9.51. The van der Waals surface area contributed by atoms with Crippen LogP contribution in [0.5, 0.6) is 0 Å². The van der Waals surface area contributed by atoms with Crippen molar-refractivity contribution in [1.82, 2.24) is 0 Å². The van der Waals surface area contributed by atoms with E-state index in [4.69, 9.17) is 0 Å². The summed E-state index contributed by atoms with van der Waals surface area (Å²) in [6, 6.07) is 0. The van der Waals surface area contributed by atoms with Crippen LogP contribution >= 0.6 is 0 Å². The Bertz CT molecular complexity index is 376. The molecular formula is C13H18O2. The highest BCUT2D eigenvalue weighted by Gasteiger charge is 2.31. The average molecular weight is 206 g/mol. The predicted molar refractivity (Wildman–Crippen MR) is 60.5 cm³/mol. The third-order valence-electron chi connectivity index (χ3n) is 2.77. The van der Waals surface area contributed by atoms with Gasteiger partial charge in [-0.25, -0.2) is 0 Å². The fraction of sp³-hybridized carbons (Fsp3) is 0.538. The molecule has 1 aliphatic rings. The van der Waals surface area contributed by atoms with Crippen molar-refractivity contribution in [3.63, 3.8) is 0 Å². The minimum Gasteiger partial charge on any atom is -0.290 e. The van der Waals surface area contributed by atoms with E-state index in [0.29, 0.717) is 23.1 Å². The smallest absolute Gasteiger partial charge is 0.185 e. The van der Waals surface area contributed by atoms with Gasteiger partial charge in [-0.3, -0.25) is 9.59 Å². The van der Waals surface area contributed by atoms with Gasteiger partial charge in [-0.1, -0.05) is 27.7 Å². The lowest BCUT2D eigenvalue weighted by molar-refractivity contribution is -0.116. The summed E-state index contributed by atoms with van der Waals surface area (Å²) in [5.74, 6) is 0.0264. The summed E-state index contributed by atoms with van der Waals surface area (Å²) in [6.07, 6.45) is 2.14. The molecule has 1 rings (SSSR count). The van der Waals surface area contributed by atoms with Gasteiger partial charge < -0.3 is 0 Å². The van der Waals surface area contributed by atoms with E-state index in [1.54, 1.807) is 6.92 Å². The van der Waals surface area contributed by atoms with Crippen LogP contribution in [0.4, 0.5) is 0 Å². The van der Waals surface area contributed by atoms with Crippen molar-refractivity contribution in [2.45, 2.75) is 41.0 Å². The average Bonchev–Trinajstić information content (AvgIpc) is 2.10. The normalized spacial score (nSPS) is 18.3. The van der Waals surface area contributed by atoms with E-state index >= 15 is 0 Å². The maximum atomic E-state index is 12.0. The SMILES string of the molecule is CCC1=C(C)C(=O)C(C(C)(C)C)=CC1=O. The highest BCUT2D eigenvalue weighted by Crippen LogP contribution is 2.32. The molecule has 15 heavy (non-hydrogen) atoms. The van der Waals surface area contributed by atoms with E-state index in [1.165, 1.54) is 6.08 Å². The lowest BCUT2D eigenvalue weighted by Gasteiger charge is -2.25. The largest absolute Gasteiger partial charge is 0.290 e. The van der Waals surface area contributed by atoms with Gasteiger partial charge in [-0.05, 0) is 24.8 Å². The molecule has 0 saturated carbocycles. The molecule has 0 N–H and O–H groups in total. The molecule has 0 saturated heterocycles. The molecule has 0 radical (unpaired) electrons. The van der Waals surface area contributed by atoms with Gasteiger partial charge in [0.25, 0.3) is 0 Å². The molecule has 0 unspecified atom stereocenters. The first-order valence-electron chi connectivity index (χ1n) is 5.30. The lowest BCUT2D eigenvalue weighted by Crippen LogP contribution is -2.25. The zero-order chi connectivity index (χ0) is 11.8. The molecule has 0 fully saturated rings. The maximum Gasteiger partial charge on any atom is 0.185 e. The standard InChI is InChI=1S/C13H18O2/c1-6-9-8(2)12(15)10(7-11(9)14)13(3,4)5/h7H,6H2,1-5H3. The van der Waals surface area contributed by atoms with Crippen LogP contribution in [0.2, 0.25) is 0 Å². The first-order valence-corrected chi connectivity index (χ1v) is 5.30. The number of hydrogen-bond donors (Lipinski definition) is 0. The van der Waals surface area contributed by atoms with Gasteiger partial charge in [0.15, 0.2) is 11.6 Å². The third-order valence-corrected chi connectivity index (χ3v) is 2.77. The van der Waals surface area contributed by atoms with Crippen molar-refractivity contribution >= 4 is 11.6 Å². The van der Waals surface area contributed by atoms with Gasteiger partial charge >= 0.3 is 0 Å². The molecule has 0 amide bonds. The molecule has 2 nitrogen and oxygen atoms in total. The van der Waals surface area contributed by atoms with E-state index in [1.807, 2.05) is 27.7 Å². The third kappa shape index (κ3) is 2.09. The Morgan fingerprint density at radius 2 is 1.73 bits per heavy atom. The Morgan fingerprint density at radius 3 is 2.13 bits per heavy atom. The van der Waals surface area contributed by atoms with E-state index in [-0.39, 0.29) is 17.0 Å². The van der Waals surface area contributed by atoms with Crippen molar-refractivity contribution in [3.8, 4) is 0 Å². The Balaban J connectivity index is 3.23. The monoisotopic (exact) mass is 206 g/mol. The van der Waals surface area contributed by atoms with E-state index in [9.17, 15) is 9.59 Å². The molecule has 0 heterocycles. The van der Waals surface area contributed by atoms with Gasteiger partial charge in [-0.2, -0.15) is 0 Å². The second kappa shape index (κ2) is 3.76. The molecule has 0 spiro atoms. The van der Waals surface area contributed by atoms with E-state index in [0.717, 1.165) is 0 Å². The Morgan fingerprint density at radius 1 is 1.20 bits per heavy atom. The fourth-order valence-corrected chi connectivity index (χ4v) is 1.80. The molecule has 0 aromatic heterocycles. The van der Waals surface area contributed by atoms with Crippen molar-refractivity contribution in [3.05, 3.63) is 22.8 Å². The van der Waals surface area contributed by atoms with Gasteiger partial charge in [0, 0.05) is 16.7 Å². The number of rotatable bonds is 1.